The van der Waals surface area contributed by atoms with Crippen LogP contribution in [0.4, 0.5) is 0 Å². The predicted molar refractivity (Wildman–Crippen MR) is 103 cm³/mol. The largest absolute Gasteiger partial charge is 0.392 e. The standard InChI is InChI=1S/C21H38N2O3/c1-7-23(8-2)20(26)13(3)16-9-11-21(6)12-10-17(22-15(5)24)14(4)18(21)19(16)25/h13-14,16-19,25H,7-12H2,1-6H3,(H,22,24)/t13-,14+,16+,17-,18+,19-,21-/m0/s1. The number of aliphatic hydroxyl groups is 1. The summed E-state index contributed by atoms with van der Waals surface area (Å²) >= 11 is 0. The van der Waals surface area contributed by atoms with Crippen LogP contribution in [0.15, 0.2) is 0 Å². The predicted octanol–water partition coefficient (Wildman–Crippen LogP) is 2.82. The number of amides is 2. The lowest BCUT2D eigenvalue weighted by atomic mass is 9.51. The minimum absolute atomic E-state index is 0.000275. The quantitative estimate of drug-likeness (QED) is 0.786. The van der Waals surface area contributed by atoms with E-state index in [1.165, 1.54) is 0 Å². The summed E-state index contributed by atoms with van der Waals surface area (Å²) in [5, 5.41) is 14.4. The summed E-state index contributed by atoms with van der Waals surface area (Å²) in [6, 6.07) is 0.118. The van der Waals surface area contributed by atoms with Crippen LogP contribution < -0.4 is 5.32 Å². The van der Waals surface area contributed by atoms with Gasteiger partial charge in [-0.25, -0.2) is 0 Å². The average molecular weight is 367 g/mol. The smallest absolute Gasteiger partial charge is 0.225 e. The first-order valence-electron chi connectivity index (χ1n) is 10.4. The molecule has 2 N–H and O–H groups in total. The van der Waals surface area contributed by atoms with E-state index in [0.717, 1.165) is 25.7 Å². The van der Waals surface area contributed by atoms with Gasteiger partial charge in [0.25, 0.3) is 0 Å². The van der Waals surface area contributed by atoms with E-state index in [1.807, 2.05) is 25.7 Å². The Morgan fingerprint density at radius 1 is 1.23 bits per heavy atom. The summed E-state index contributed by atoms with van der Waals surface area (Å²) in [4.78, 5) is 26.3. The first-order chi connectivity index (χ1) is 12.2. The molecular weight excluding hydrogens is 328 g/mol. The fourth-order valence-electron chi connectivity index (χ4n) is 5.77. The maximum atomic E-state index is 12.8. The molecule has 0 aromatic heterocycles. The van der Waals surface area contributed by atoms with Gasteiger partial charge in [-0.15, -0.1) is 0 Å². The number of rotatable bonds is 5. The van der Waals surface area contributed by atoms with Gasteiger partial charge in [-0.05, 0) is 62.7 Å². The van der Waals surface area contributed by atoms with Crippen molar-refractivity contribution in [3.8, 4) is 0 Å². The second-order valence-electron chi connectivity index (χ2n) is 8.88. The maximum absolute atomic E-state index is 12.8. The third kappa shape index (κ3) is 3.92. The molecule has 5 nitrogen and oxygen atoms in total. The lowest BCUT2D eigenvalue weighted by molar-refractivity contribution is -0.150. The number of hydrogen-bond acceptors (Lipinski definition) is 3. The number of carbonyl (C=O) groups is 2. The topological polar surface area (TPSA) is 69.6 Å². The van der Waals surface area contributed by atoms with E-state index in [-0.39, 0.29) is 46.9 Å². The summed E-state index contributed by atoms with van der Waals surface area (Å²) in [7, 11) is 0. The number of aliphatic hydroxyl groups excluding tert-OH is 1. The molecule has 0 unspecified atom stereocenters. The van der Waals surface area contributed by atoms with Gasteiger partial charge in [-0.3, -0.25) is 9.59 Å². The van der Waals surface area contributed by atoms with E-state index in [0.29, 0.717) is 13.1 Å². The molecule has 0 spiro atoms. The second kappa shape index (κ2) is 8.28. The third-order valence-corrected chi connectivity index (χ3v) is 7.38. The molecule has 0 saturated heterocycles. The zero-order chi connectivity index (χ0) is 19.6. The SMILES string of the molecule is CCN(CC)C(=O)[C@@H](C)[C@H]1CC[C@@]2(C)CC[C@H](NC(C)=O)[C@@H](C)[C@@H]2[C@H]1O. The van der Waals surface area contributed by atoms with Crippen LogP contribution in [0.5, 0.6) is 0 Å². The van der Waals surface area contributed by atoms with E-state index in [4.69, 9.17) is 0 Å². The second-order valence-corrected chi connectivity index (χ2v) is 8.88. The van der Waals surface area contributed by atoms with E-state index in [2.05, 4.69) is 19.2 Å². The Morgan fingerprint density at radius 2 is 1.81 bits per heavy atom. The van der Waals surface area contributed by atoms with Crippen molar-refractivity contribution in [2.45, 2.75) is 79.4 Å². The van der Waals surface area contributed by atoms with E-state index in [9.17, 15) is 14.7 Å². The summed E-state index contributed by atoms with van der Waals surface area (Å²) in [6.45, 7) is 13.4. The normalized spacial score (nSPS) is 38.2. The summed E-state index contributed by atoms with van der Waals surface area (Å²) < 4.78 is 0. The van der Waals surface area contributed by atoms with Gasteiger partial charge in [0.1, 0.15) is 0 Å². The highest BCUT2D eigenvalue weighted by atomic mass is 16.3. The molecule has 0 bridgehead atoms. The Bertz CT molecular complexity index is 519. The minimum Gasteiger partial charge on any atom is -0.392 e. The van der Waals surface area contributed by atoms with Crippen LogP contribution in [-0.2, 0) is 9.59 Å². The Morgan fingerprint density at radius 3 is 2.35 bits per heavy atom. The lowest BCUT2D eigenvalue weighted by Crippen LogP contribution is -2.58. The van der Waals surface area contributed by atoms with Crippen LogP contribution in [0.25, 0.3) is 0 Å². The van der Waals surface area contributed by atoms with Gasteiger partial charge < -0.3 is 15.3 Å². The highest BCUT2D eigenvalue weighted by molar-refractivity contribution is 5.78. The van der Waals surface area contributed by atoms with Gasteiger partial charge in [0, 0.05) is 32.0 Å². The van der Waals surface area contributed by atoms with E-state index >= 15 is 0 Å². The van der Waals surface area contributed by atoms with Crippen LogP contribution >= 0.6 is 0 Å². The van der Waals surface area contributed by atoms with Gasteiger partial charge in [-0.1, -0.05) is 20.8 Å². The highest BCUT2D eigenvalue weighted by Gasteiger charge is 2.53. The number of carbonyl (C=O) groups excluding carboxylic acids is 2. The summed E-state index contributed by atoms with van der Waals surface area (Å²) in [5.41, 5.74) is 0.0995. The molecule has 26 heavy (non-hydrogen) atoms. The Balaban J connectivity index is 2.20. The fraction of sp³-hybridized carbons (Fsp3) is 0.905. The highest BCUT2D eigenvalue weighted by Crippen LogP contribution is 2.55. The van der Waals surface area contributed by atoms with Crippen molar-refractivity contribution >= 4 is 11.8 Å². The molecule has 2 amide bonds. The van der Waals surface area contributed by atoms with Crippen molar-refractivity contribution in [1.29, 1.82) is 0 Å². The molecule has 2 aliphatic rings. The van der Waals surface area contributed by atoms with Crippen LogP contribution in [0.3, 0.4) is 0 Å². The molecule has 2 fully saturated rings. The third-order valence-electron chi connectivity index (χ3n) is 7.38. The van der Waals surface area contributed by atoms with Gasteiger partial charge in [0.05, 0.1) is 6.10 Å². The molecule has 5 heteroatoms. The van der Waals surface area contributed by atoms with Crippen LogP contribution in [0.2, 0.25) is 0 Å². The Hall–Kier alpha value is -1.10. The van der Waals surface area contributed by atoms with Gasteiger partial charge in [-0.2, -0.15) is 0 Å². The van der Waals surface area contributed by atoms with E-state index < -0.39 is 6.10 Å². The van der Waals surface area contributed by atoms with Crippen molar-refractivity contribution in [3.05, 3.63) is 0 Å². The van der Waals surface area contributed by atoms with Crippen LogP contribution in [0.1, 0.15) is 67.2 Å². The molecule has 0 radical (unpaired) electrons. The number of nitrogens with zero attached hydrogens (tertiary/aromatic N) is 1. The van der Waals surface area contributed by atoms with Gasteiger partial charge in [0.2, 0.25) is 11.8 Å². The van der Waals surface area contributed by atoms with Gasteiger partial charge in [0.15, 0.2) is 0 Å². The molecule has 0 aliphatic heterocycles. The van der Waals surface area contributed by atoms with Crippen molar-refractivity contribution in [1.82, 2.24) is 10.2 Å². The zero-order valence-electron chi connectivity index (χ0n) is 17.4. The molecule has 2 saturated carbocycles. The van der Waals surface area contributed by atoms with E-state index in [1.54, 1.807) is 6.92 Å². The van der Waals surface area contributed by atoms with Crippen molar-refractivity contribution in [2.75, 3.05) is 13.1 Å². The monoisotopic (exact) mass is 366 g/mol. The zero-order valence-corrected chi connectivity index (χ0v) is 17.4. The van der Waals surface area contributed by atoms with Crippen LogP contribution in [-0.4, -0.2) is 47.1 Å². The molecule has 150 valence electrons. The fourth-order valence-corrected chi connectivity index (χ4v) is 5.77. The molecular formula is C21H38N2O3. The molecule has 2 rings (SSSR count). The van der Waals surface area contributed by atoms with Crippen molar-refractivity contribution < 1.29 is 14.7 Å². The minimum atomic E-state index is -0.491. The Labute approximate surface area is 158 Å². The molecule has 0 heterocycles. The van der Waals surface area contributed by atoms with Crippen molar-refractivity contribution in [3.63, 3.8) is 0 Å². The van der Waals surface area contributed by atoms with Crippen molar-refractivity contribution in [2.24, 2.45) is 29.1 Å². The first-order valence-corrected chi connectivity index (χ1v) is 10.4. The van der Waals surface area contributed by atoms with Crippen LogP contribution in [0, 0.1) is 29.1 Å². The summed E-state index contributed by atoms with van der Waals surface area (Å²) in [5.74, 6) is 0.328. The average Bonchev–Trinajstić information content (AvgIpc) is 2.58. The molecule has 2 aliphatic carbocycles. The molecule has 0 aromatic rings. The summed E-state index contributed by atoms with van der Waals surface area (Å²) in [6.07, 6.45) is 3.45. The first kappa shape index (κ1) is 21.2. The Kier molecular flexibility index (Phi) is 6.75. The van der Waals surface area contributed by atoms with Gasteiger partial charge >= 0.3 is 0 Å². The lowest BCUT2D eigenvalue weighted by Gasteiger charge is -2.56. The maximum Gasteiger partial charge on any atom is 0.225 e. The molecule has 7 atom stereocenters. The number of hydrogen-bond donors (Lipinski definition) is 2. The molecule has 0 aromatic carbocycles. The number of fused-ring (bicyclic) bond motifs is 1. The number of nitrogens with one attached hydrogen (secondary N) is 1.